The molecular weight excluding hydrogens is 280 g/mol. The van der Waals surface area contributed by atoms with Crippen LogP contribution < -0.4 is 10.6 Å². The van der Waals surface area contributed by atoms with Gasteiger partial charge in [-0.1, -0.05) is 37.3 Å². The van der Waals surface area contributed by atoms with Gasteiger partial charge in [0.1, 0.15) is 5.82 Å². The van der Waals surface area contributed by atoms with Gasteiger partial charge in [-0.2, -0.15) is 5.10 Å². The Labute approximate surface area is 130 Å². The normalized spacial score (nSPS) is 12.0. The highest BCUT2D eigenvalue weighted by molar-refractivity contribution is 5.88. The van der Waals surface area contributed by atoms with E-state index in [1.54, 1.807) is 11.7 Å². The lowest BCUT2D eigenvalue weighted by Gasteiger charge is -2.12. The van der Waals surface area contributed by atoms with Crippen molar-refractivity contribution in [2.75, 3.05) is 11.9 Å². The number of rotatable bonds is 6. The number of urea groups is 1. The predicted octanol–water partition coefficient (Wildman–Crippen LogP) is 2.23. The predicted molar refractivity (Wildman–Crippen MR) is 85.6 cm³/mol. The lowest BCUT2D eigenvalue weighted by Crippen LogP contribution is -2.31. The number of hydrogen-bond acceptors (Lipinski definition) is 3. The zero-order chi connectivity index (χ0) is 15.9. The maximum absolute atomic E-state index is 11.8. The topological polar surface area (TPSA) is 79.2 Å². The number of hydrogen-bond donors (Lipinski definition) is 3. The molecule has 22 heavy (non-hydrogen) atoms. The highest BCUT2D eigenvalue weighted by Crippen LogP contribution is 2.15. The highest BCUT2D eigenvalue weighted by atomic mass is 16.3. The fourth-order valence-corrected chi connectivity index (χ4v) is 2.14. The Morgan fingerprint density at radius 3 is 2.73 bits per heavy atom. The van der Waals surface area contributed by atoms with Crippen molar-refractivity contribution in [3.8, 4) is 0 Å². The highest BCUT2D eigenvalue weighted by Gasteiger charge is 2.10. The van der Waals surface area contributed by atoms with E-state index in [2.05, 4.69) is 15.7 Å². The number of aryl methyl sites for hydroxylation is 2. The van der Waals surface area contributed by atoms with Crippen LogP contribution in [-0.4, -0.2) is 27.5 Å². The van der Waals surface area contributed by atoms with Crippen molar-refractivity contribution in [2.45, 2.75) is 25.9 Å². The van der Waals surface area contributed by atoms with E-state index in [-0.39, 0.29) is 6.03 Å². The van der Waals surface area contributed by atoms with Crippen molar-refractivity contribution in [3.63, 3.8) is 0 Å². The quantitative estimate of drug-likeness (QED) is 0.765. The molecule has 118 valence electrons. The second-order valence-electron chi connectivity index (χ2n) is 5.09. The lowest BCUT2D eigenvalue weighted by molar-refractivity contribution is 0.167. The zero-order valence-corrected chi connectivity index (χ0v) is 12.9. The van der Waals surface area contributed by atoms with Crippen LogP contribution in [0.15, 0.2) is 36.4 Å². The Balaban J connectivity index is 1.77. The molecular formula is C16H22N4O2. The maximum Gasteiger partial charge on any atom is 0.320 e. The van der Waals surface area contributed by atoms with Crippen LogP contribution in [0.5, 0.6) is 0 Å². The number of carbonyl (C=O) groups is 1. The number of carbonyl (C=O) groups excluding carboxylic acids is 1. The Morgan fingerprint density at radius 1 is 1.36 bits per heavy atom. The van der Waals surface area contributed by atoms with Gasteiger partial charge in [-0.25, -0.2) is 4.79 Å². The SMILES string of the molecule is CCc1cc(NC(=O)NCCC(O)c2ccccc2)n(C)n1. The number of aromatic nitrogens is 2. The maximum atomic E-state index is 11.8. The second kappa shape index (κ2) is 7.61. The molecule has 1 aromatic heterocycles. The fraction of sp³-hybridized carbons (Fsp3) is 0.375. The van der Waals surface area contributed by atoms with Gasteiger partial charge >= 0.3 is 6.03 Å². The van der Waals surface area contributed by atoms with E-state index in [0.29, 0.717) is 18.8 Å². The Hall–Kier alpha value is -2.34. The first-order valence-electron chi connectivity index (χ1n) is 7.41. The van der Waals surface area contributed by atoms with Crippen LogP contribution in [0.1, 0.15) is 30.7 Å². The first kappa shape index (κ1) is 16.0. The van der Waals surface area contributed by atoms with Gasteiger partial charge in [-0.05, 0) is 18.4 Å². The summed E-state index contributed by atoms with van der Waals surface area (Å²) in [7, 11) is 1.79. The van der Waals surface area contributed by atoms with Gasteiger partial charge in [0, 0.05) is 19.7 Å². The molecule has 0 radical (unpaired) electrons. The molecule has 0 aliphatic rings. The molecule has 0 aliphatic heterocycles. The summed E-state index contributed by atoms with van der Waals surface area (Å²) in [5.41, 5.74) is 1.78. The monoisotopic (exact) mass is 302 g/mol. The third-order valence-electron chi connectivity index (χ3n) is 3.42. The molecule has 0 bridgehead atoms. The van der Waals surface area contributed by atoms with Gasteiger partial charge in [0.2, 0.25) is 0 Å². The Kier molecular flexibility index (Phi) is 5.55. The van der Waals surface area contributed by atoms with Crippen molar-refractivity contribution in [1.29, 1.82) is 0 Å². The van der Waals surface area contributed by atoms with Crippen LogP contribution in [0.4, 0.5) is 10.6 Å². The molecule has 0 saturated heterocycles. The minimum Gasteiger partial charge on any atom is -0.388 e. The lowest BCUT2D eigenvalue weighted by atomic mass is 10.1. The largest absolute Gasteiger partial charge is 0.388 e. The number of benzene rings is 1. The molecule has 1 unspecified atom stereocenters. The molecule has 2 aromatic rings. The summed E-state index contributed by atoms with van der Waals surface area (Å²) in [6.07, 6.45) is 0.702. The molecule has 0 saturated carbocycles. The van der Waals surface area contributed by atoms with E-state index in [1.165, 1.54) is 0 Å². The van der Waals surface area contributed by atoms with Gasteiger partial charge in [0.25, 0.3) is 0 Å². The number of amides is 2. The van der Waals surface area contributed by atoms with Gasteiger partial charge in [-0.3, -0.25) is 10.00 Å². The zero-order valence-electron chi connectivity index (χ0n) is 12.9. The number of anilines is 1. The average Bonchev–Trinajstić information content (AvgIpc) is 2.88. The summed E-state index contributed by atoms with van der Waals surface area (Å²) in [6, 6.07) is 10.9. The summed E-state index contributed by atoms with van der Waals surface area (Å²) >= 11 is 0. The van der Waals surface area contributed by atoms with E-state index in [4.69, 9.17) is 0 Å². The number of aliphatic hydroxyl groups excluding tert-OH is 1. The molecule has 2 rings (SSSR count). The first-order valence-corrected chi connectivity index (χ1v) is 7.41. The summed E-state index contributed by atoms with van der Waals surface area (Å²) in [6.45, 7) is 2.40. The molecule has 1 atom stereocenters. The van der Waals surface area contributed by atoms with E-state index in [1.807, 2.05) is 43.3 Å². The van der Waals surface area contributed by atoms with Gasteiger partial charge < -0.3 is 10.4 Å². The van der Waals surface area contributed by atoms with Gasteiger partial charge in [0.05, 0.1) is 11.8 Å². The minimum atomic E-state index is -0.579. The summed E-state index contributed by atoms with van der Waals surface area (Å²) < 4.78 is 1.64. The number of aliphatic hydroxyl groups is 1. The van der Waals surface area contributed by atoms with Crippen molar-refractivity contribution in [1.82, 2.24) is 15.1 Å². The van der Waals surface area contributed by atoms with E-state index in [9.17, 15) is 9.90 Å². The molecule has 1 aromatic carbocycles. The third kappa shape index (κ3) is 4.33. The molecule has 0 fully saturated rings. The van der Waals surface area contributed by atoms with Crippen LogP contribution in [0, 0.1) is 0 Å². The number of nitrogens with zero attached hydrogens (tertiary/aromatic N) is 2. The van der Waals surface area contributed by atoms with Crippen LogP contribution in [0.3, 0.4) is 0 Å². The fourth-order valence-electron chi connectivity index (χ4n) is 2.14. The van der Waals surface area contributed by atoms with Crippen molar-refractivity contribution >= 4 is 11.8 Å². The van der Waals surface area contributed by atoms with E-state index in [0.717, 1.165) is 17.7 Å². The van der Waals surface area contributed by atoms with Crippen LogP contribution >= 0.6 is 0 Å². The molecule has 0 spiro atoms. The van der Waals surface area contributed by atoms with E-state index >= 15 is 0 Å². The van der Waals surface area contributed by atoms with Crippen molar-refractivity contribution in [3.05, 3.63) is 47.7 Å². The summed E-state index contributed by atoms with van der Waals surface area (Å²) in [5.74, 6) is 0.651. The van der Waals surface area contributed by atoms with Crippen molar-refractivity contribution in [2.24, 2.45) is 7.05 Å². The summed E-state index contributed by atoms with van der Waals surface area (Å²) in [4.78, 5) is 11.8. The van der Waals surface area contributed by atoms with Gasteiger partial charge in [0.15, 0.2) is 0 Å². The Morgan fingerprint density at radius 2 is 2.09 bits per heavy atom. The molecule has 2 amide bonds. The third-order valence-corrected chi connectivity index (χ3v) is 3.42. The molecule has 6 heteroatoms. The van der Waals surface area contributed by atoms with Crippen LogP contribution in [-0.2, 0) is 13.5 Å². The van der Waals surface area contributed by atoms with Crippen molar-refractivity contribution < 1.29 is 9.90 Å². The molecule has 6 nitrogen and oxygen atoms in total. The van der Waals surface area contributed by atoms with Gasteiger partial charge in [-0.15, -0.1) is 0 Å². The van der Waals surface area contributed by atoms with Crippen LogP contribution in [0.25, 0.3) is 0 Å². The molecule has 3 N–H and O–H groups in total. The van der Waals surface area contributed by atoms with E-state index < -0.39 is 6.10 Å². The average molecular weight is 302 g/mol. The minimum absolute atomic E-state index is 0.300. The van der Waals surface area contributed by atoms with Crippen LogP contribution in [0.2, 0.25) is 0 Å². The smallest absolute Gasteiger partial charge is 0.320 e. The Bertz CT molecular complexity index is 610. The first-order chi connectivity index (χ1) is 10.6. The molecule has 1 heterocycles. The second-order valence-corrected chi connectivity index (χ2v) is 5.09. The summed E-state index contributed by atoms with van der Waals surface area (Å²) in [5, 5.41) is 19.8. The molecule has 0 aliphatic carbocycles. The number of nitrogens with one attached hydrogen (secondary N) is 2. The standard InChI is InChI=1S/C16H22N4O2/c1-3-13-11-15(20(2)19-13)18-16(22)17-10-9-14(21)12-7-5-4-6-8-12/h4-8,11,14,21H,3,9-10H2,1-2H3,(H2,17,18,22).